The van der Waals surface area contributed by atoms with E-state index in [0.717, 1.165) is 62.8 Å². The molecule has 3 unspecified atom stereocenters. The Hall–Kier alpha value is -1.63. The molecular formula is C23H39N5OS. The number of pyridine rings is 1. The molecule has 2 aliphatic rings. The zero-order valence-electron chi connectivity index (χ0n) is 18.7. The highest BCUT2D eigenvalue weighted by atomic mass is 32.2. The summed E-state index contributed by atoms with van der Waals surface area (Å²) < 4.78 is 12.2. The Morgan fingerprint density at radius 2 is 2.00 bits per heavy atom. The molecule has 0 aromatic carbocycles. The molecule has 1 saturated heterocycles. The van der Waals surface area contributed by atoms with Gasteiger partial charge in [-0.1, -0.05) is 26.2 Å². The molecule has 7 heteroatoms. The lowest BCUT2D eigenvalue weighted by molar-refractivity contribution is 0.413. The zero-order valence-corrected chi connectivity index (χ0v) is 19.6. The van der Waals surface area contributed by atoms with Crippen molar-refractivity contribution >= 4 is 22.6 Å². The summed E-state index contributed by atoms with van der Waals surface area (Å²) in [6, 6.07) is 4.61. The number of anilines is 1. The van der Waals surface area contributed by atoms with Gasteiger partial charge in [-0.05, 0) is 56.7 Å². The summed E-state index contributed by atoms with van der Waals surface area (Å²) in [6.45, 7) is 7.79. The summed E-state index contributed by atoms with van der Waals surface area (Å²) in [7, 11) is -0.705. The number of aliphatic imine (C=N–C) groups is 1. The first-order valence-corrected chi connectivity index (χ1v) is 13.2. The van der Waals surface area contributed by atoms with Crippen LogP contribution in [0.1, 0.15) is 70.8 Å². The lowest BCUT2D eigenvalue weighted by Gasteiger charge is -2.30. The molecule has 168 valence electrons. The molecule has 0 spiro atoms. The standard InChI is InChI=1S/C23H39N5OS/c1-3-24-23(27-20-10-9-11-21(17-20)30(29)4-2)26-18-19-12-13-25-22(16-19)28-14-7-5-6-8-15-28/h12-13,16,20-21H,3-11,14-15,17-18H2,1-2H3,(H2,24,26,27). The van der Waals surface area contributed by atoms with Crippen LogP contribution in [0, 0.1) is 0 Å². The smallest absolute Gasteiger partial charge is 0.191 e. The second-order valence-corrected chi connectivity index (χ2v) is 10.4. The molecule has 30 heavy (non-hydrogen) atoms. The van der Waals surface area contributed by atoms with Crippen LogP contribution in [-0.2, 0) is 17.3 Å². The summed E-state index contributed by atoms with van der Waals surface area (Å²) >= 11 is 0. The van der Waals surface area contributed by atoms with E-state index in [1.165, 1.54) is 31.2 Å². The van der Waals surface area contributed by atoms with E-state index in [1.54, 1.807) is 0 Å². The van der Waals surface area contributed by atoms with E-state index >= 15 is 0 Å². The van der Waals surface area contributed by atoms with Crippen molar-refractivity contribution in [3.8, 4) is 0 Å². The van der Waals surface area contributed by atoms with Crippen LogP contribution in [0.3, 0.4) is 0 Å². The Balaban J connectivity index is 1.61. The zero-order chi connectivity index (χ0) is 21.2. The average molecular weight is 434 g/mol. The number of hydrogen-bond acceptors (Lipinski definition) is 4. The molecule has 0 bridgehead atoms. The third-order valence-corrected chi connectivity index (χ3v) is 7.87. The predicted molar refractivity (Wildman–Crippen MR) is 128 cm³/mol. The van der Waals surface area contributed by atoms with Crippen LogP contribution in [0.2, 0.25) is 0 Å². The average Bonchev–Trinajstić information content (AvgIpc) is 3.07. The van der Waals surface area contributed by atoms with Crippen LogP contribution in [0.25, 0.3) is 0 Å². The van der Waals surface area contributed by atoms with Gasteiger partial charge in [0.05, 0.1) is 6.54 Å². The van der Waals surface area contributed by atoms with Gasteiger partial charge in [0.1, 0.15) is 5.82 Å². The molecule has 3 rings (SSSR count). The highest BCUT2D eigenvalue weighted by Crippen LogP contribution is 2.23. The van der Waals surface area contributed by atoms with Crippen molar-refractivity contribution in [1.82, 2.24) is 15.6 Å². The lowest BCUT2D eigenvalue weighted by atomic mass is 9.95. The van der Waals surface area contributed by atoms with Crippen LogP contribution in [0.5, 0.6) is 0 Å². The summed E-state index contributed by atoms with van der Waals surface area (Å²) in [6.07, 6.45) is 11.4. The number of hydrogen-bond donors (Lipinski definition) is 2. The van der Waals surface area contributed by atoms with Gasteiger partial charge >= 0.3 is 0 Å². The van der Waals surface area contributed by atoms with Crippen molar-refractivity contribution in [3.05, 3.63) is 23.9 Å². The van der Waals surface area contributed by atoms with E-state index in [0.29, 0.717) is 17.8 Å². The molecule has 1 saturated carbocycles. The molecule has 2 fully saturated rings. The molecular weight excluding hydrogens is 394 g/mol. The summed E-state index contributed by atoms with van der Waals surface area (Å²) in [4.78, 5) is 11.9. The third-order valence-electron chi connectivity index (χ3n) is 6.13. The van der Waals surface area contributed by atoms with E-state index in [-0.39, 0.29) is 0 Å². The molecule has 1 aliphatic heterocycles. The second-order valence-electron chi connectivity index (χ2n) is 8.42. The minimum Gasteiger partial charge on any atom is -0.357 e. The molecule has 6 nitrogen and oxygen atoms in total. The van der Waals surface area contributed by atoms with Gasteiger partial charge in [-0.2, -0.15) is 0 Å². The first kappa shape index (κ1) is 23.0. The highest BCUT2D eigenvalue weighted by molar-refractivity contribution is 7.85. The van der Waals surface area contributed by atoms with E-state index in [9.17, 15) is 4.21 Å². The van der Waals surface area contributed by atoms with E-state index < -0.39 is 10.8 Å². The predicted octanol–water partition coefficient (Wildman–Crippen LogP) is 3.60. The van der Waals surface area contributed by atoms with Gasteiger partial charge in [-0.3, -0.25) is 4.21 Å². The van der Waals surface area contributed by atoms with Gasteiger partial charge < -0.3 is 15.5 Å². The van der Waals surface area contributed by atoms with Crippen molar-refractivity contribution in [1.29, 1.82) is 0 Å². The number of nitrogens with one attached hydrogen (secondary N) is 2. The van der Waals surface area contributed by atoms with Crippen LogP contribution in [-0.4, -0.2) is 51.8 Å². The molecule has 0 radical (unpaired) electrons. The Bertz CT molecular complexity index is 703. The number of rotatable bonds is 7. The molecule has 2 heterocycles. The van der Waals surface area contributed by atoms with Crippen molar-refractivity contribution in [2.24, 2.45) is 4.99 Å². The molecule has 1 aromatic heterocycles. The fourth-order valence-electron chi connectivity index (χ4n) is 4.47. The Morgan fingerprint density at radius 1 is 1.20 bits per heavy atom. The Morgan fingerprint density at radius 3 is 2.73 bits per heavy atom. The van der Waals surface area contributed by atoms with Crippen LogP contribution >= 0.6 is 0 Å². The maximum atomic E-state index is 12.2. The molecule has 1 aromatic rings. The first-order valence-electron chi connectivity index (χ1n) is 11.8. The summed E-state index contributed by atoms with van der Waals surface area (Å²) in [5, 5.41) is 7.30. The maximum absolute atomic E-state index is 12.2. The lowest BCUT2D eigenvalue weighted by Crippen LogP contribution is -2.46. The largest absolute Gasteiger partial charge is 0.357 e. The monoisotopic (exact) mass is 433 g/mol. The van der Waals surface area contributed by atoms with Crippen LogP contribution in [0.15, 0.2) is 23.3 Å². The minimum absolute atomic E-state index is 0.320. The van der Waals surface area contributed by atoms with Crippen molar-refractivity contribution in [3.63, 3.8) is 0 Å². The molecule has 0 amide bonds. The highest BCUT2D eigenvalue weighted by Gasteiger charge is 2.26. The number of guanidine groups is 1. The Labute approximate surface area is 184 Å². The van der Waals surface area contributed by atoms with Crippen LogP contribution < -0.4 is 15.5 Å². The van der Waals surface area contributed by atoms with Crippen molar-refractivity contribution in [2.75, 3.05) is 30.3 Å². The van der Waals surface area contributed by atoms with Gasteiger partial charge in [-0.25, -0.2) is 9.98 Å². The molecule has 2 N–H and O–H groups in total. The normalized spacial score (nSPS) is 24.2. The van der Waals surface area contributed by atoms with Crippen molar-refractivity contribution < 1.29 is 4.21 Å². The third kappa shape index (κ3) is 6.96. The van der Waals surface area contributed by atoms with E-state index in [2.05, 4.69) is 39.6 Å². The van der Waals surface area contributed by atoms with Crippen LogP contribution in [0.4, 0.5) is 5.82 Å². The van der Waals surface area contributed by atoms with Gasteiger partial charge in [0.25, 0.3) is 0 Å². The van der Waals surface area contributed by atoms with Crippen molar-refractivity contribution in [2.45, 2.75) is 83.1 Å². The quantitative estimate of drug-likeness (QED) is 0.508. The topological polar surface area (TPSA) is 69.6 Å². The fourth-order valence-corrected chi connectivity index (χ4v) is 5.81. The summed E-state index contributed by atoms with van der Waals surface area (Å²) in [5.74, 6) is 2.70. The van der Waals surface area contributed by atoms with Gasteiger partial charge in [0, 0.05) is 53.7 Å². The van der Waals surface area contributed by atoms with Gasteiger partial charge in [0.2, 0.25) is 0 Å². The fraction of sp³-hybridized carbons (Fsp3) is 0.739. The molecule has 1 aliphatic carbocycles. The van der Waals surface area contributed by atoms with Gasteiger partial charge in [-0.15, -0.1) is 0 Å². The van der Waals surface area contributed by atoms with E-state index in [4.69, 9.17) is 4.99 Å². The summed E-state index contributed by atoms with van der Waals surface area (Å²) in [5.41, 5.74) is 1.19. The number of aromatic nitrogens is 1. The second kappa shape index (κ2) is 12.3. The Kier molecular flexibility index (Phi) is 9.43. The van der Waals surface area contributed by atoms with Gasteiger partial charge in [0.15, 0.2) is 5.96 Å². The molecule has 3 atom stereocenters. The van der Waals surface area contributed by atoms with E-state index in [1.807, 2.05) is 13.1 Å². The maximum Gasteiger partial charge on any atom is 0.191 e. The number of nitrogens with zero attached hydrogens (tertiary/aromatic N) is 3. The first-order chi connectivity index (χ1) is 14.7. The SMILES string of the molecule is CCNC(=NCc1ccnc(N2CCCCCC2)c1)NC1CCCC(S(=O)CC)C1. The minimum atomic E-state index is -0.705.